The first-order valence-electron chi connectivity index (χ1n) is 6.94. The van der Waals surface area contributed by atoms with Gasteiger partial charge in [-0.2, -0.15) is 0 Å². The van der Waals surface area contributed by atoms with Gasteiger partial charge in [0.2, 0.25) is 0 Å². The van der Waals surface area contributed by atoms with Crippen LogP contribution in [-0.4, -0.2) is 24.3 Å². The number of benzene rings is 2. The Morgan fingerprint density at radius 3 is 2.41 bits per heavy atom. The minimum atomic E-state index is 0.183. The van der Waals surface area contributed by atoms with Gasteiger partial charge in [0.25, 0.3) is 0 Å². The maximum Gasteiger partial charge on any atom is 0.161 e. The minimum absolute atomic E-state index is 0.183. The van der Waals surface area contributed by atoms with Gasteiger partial charge in [0.15, 0.2) is 11.5 Å². The summed E-state index contributed by atoms with van der Waals surface area (Å²) in [4.78, 5) is 4.39. The van der Waals surface area contributed by atoms with E-state index in [1.807, 2.05) is 43.3 Å². The number of aromatic hydroxyl groups is 1. The summed E-state index contributed by atoms with van der Waals surface area (Å²) in [6.45, 7) is 2.00. The maximum absolute atomic E-state index is 10.0. The molecule has 4 heteroatoms. The number of hydrogen-bond acceptors (Lipinski definition) is 4. The fourth-order valence-corrected chi connectivity index (χ4v) is 2.55. The standard InChI is InChI=1S/C18H17NO3/c1-11-4-6-13-14(8-11)15(20)10-19-18(13)12-5-7-16(21-2)17(9-12)22-3/h4-10,20H,1-3H3. The molecule has 0 saturated heterocycles. The van der Waals surface area contributed by atoms with E-state index in [1.165, 1.54) is 6.20 Å². The molecule has 1 N–H and O–H groups in total. The maximum atomic E-state index is 10.0. The molecule has 3 aromatic rings. The Morgan fingerprint density at radius 2 is 1.68 bits per heavy atom. The van der Waals surface area contributed by atoms with E-state index in [4.69, 9.17) is 9.47 Å². The molecule has 0 spiro atoms. The van der Waals surface area contributed by atoms with Crippen molar-refractivity contribution in [1.29, 1.82) is 0 Å². The summed E-state index contributed by atoms with van der Waals surface area (Å²) >= 11 is 0. The van der Waals surface area contributed by atoms with Crippen LogP contribution in [0.2, 0.25) is 0 Å². The van der Waals surface area contributed by atoms with Crippen LogP contribution in [0.5, 0.6) is 17.2 Å². The average molecular weight is 295 g/mol. The molecule has 112 valence electrons. The summed E-state index contributed by atoms with van der Waals surface area (Å²) in [5.41, 5.74) is 2.80. The lowest BCUT2D eigenvalue weighted by atomic mass is 10.0. The first-order valence-corrected chi connectivity index (χ1v) is 6.94. The quantitative estimate of drug-likeness (QED) is 0.795. The monoisotopic (exact) mass is 295 g/mol. The van der Waals surface area contributed by atoms with Crippen LogP contribution in [0.25, 0.3) is 22.0 Å². The molecule has 0 aliphatic carbocycles. The lowest BCUT2D eigenvalue weighted by Crippen LogP contribution is -1.92. The first-order chi connectivity index (χ1) is 10.6. The van der Waals surface area contributed by atoms with Gasteiger partial charge < -0.3 is 14.6 Å². The number of pyridine rings is 1. The van der Waals surface area contributed by atoms with Gasteiger partial charge in [0.1, 0.15) is 5.75 Å². The number of rotatable bonds is 3. The van der Waals surface area contributed by atoms with Crippen molar-refractivity contribution in [2.75, 3.05) is 14.2 Å². The number of ether oxygens (including phenoxy) is 2. The third-order valence-corrected chi connectivity index (χ3v) is 3.68. The van der Waals surface area contributed by atoms with E-state index in [0.29, 0.717) is 11.5 Å². The summed E-state index contributed by atoms with van der Waals surface area (Å²) in [5, 5.41) is 11.7. The van der Waals surface area contributed by atoms with E-state index in [-0.39, 0.29) is 5.75 Å². The number of hydrogen-bond donors (Lipinski definition) is 1. The van der Waals surface area contributed by atoms with Crippen molar-refractivity contribution < 1.29 is 14.6 Å². The molecule has 0 atom stereocenters. The molecular formula is C18H17NO3. The van der Waals surface area contributed by atoms with E-state index in [2.05, 4.69) is 4.98 Å². The lowest BCUT2D eigenvalue weighted by Gasteiger charge is -2.11. The Kier molecular flexibility index (Phi) is 3.59. The molecule has 3 rings (SSSR count). The molecular weight excluding hydrogens is 278 g/mol. The van der Waals surface area contributed by atoms with Gasteiger partial charge in [-0.25, -0.2) is 0 Å². The topological polar surface area (TPSA) is 51.6 Å². The van der Waals surface area contributed by atoms with Crippen molar-refractivity contribution in [2.24, 2.45) is 0 Å². The number of aryl methyl sites for hydroxylation is 1. The van der Waals surface area contributed by atoms with Crippen molar-refractivity contribution in [3.05, 3.63) is 48.2 Å². The molecule has 0 bridgehead atoms. The first kappa shape index (κ1) is 14.2. The highest BCUT2D eigenvalue weighted by atomic mass is 16.5. The number of methoxy groups -OCH3 is 2. The molecule has 0 amide bonds. The third kappa shape index (κ3) is 2.33. The predicted octanol–water partition coefficient (Wildman–Crippen LogP) is 3.93. The minimum Gasteiger partial charge on any atom is -0.506 e. The number of fused-ring (bicyclic) bond motifs is 1. The van der Waals surface area contributed by atoms with E-state index in [0.717, 1.165) is 27.6 Å². The molecule has 1 heterocycles. The Balaban J connectivity index is 2.24. The molecule has 0 saturated carbocycles. The Bertz CT molecular complexity index is 843. The summed E-state index contributed by atoms with van der Waals surface area (Å²) in [6, 6.07) is 11.6. The van der Waals surface area contributed by atoms with Crippen LogP contribution in [-0.2, 0) is 0 Å². The molecule has 0 aliphatic heterocycles. The zero-order valence-corrected chi connectivity index (χ0v) is 12.8. The van der Waals surface area contributed by atoms with Crippen molar-refractivity contribution in [2.45, 2.75) is 6.92 Å². The molecule has 0 radical (unpaired) electrons. The van der Waals surface area contributed by atoms with Gasteiger partial charge >= 0.3 is 0 Å². The fourth-order valence-electron chi connectivity index (χ4n) is 2.55. The zero-order chi connectivity index (χ0) is 15.7. The van der Waals surface area contributed by atoms with Crippen molar-refractivity contribution >= 4 is 10.8 Å². The van der Waals surface area contributed by atoms with Gasteiger partial charge in [-0.15, -0.1) is 0 Å². The summed E-state index contributed by atoms with van der Waals surface area (Å²) < 4.78 is 10.6. The molecule has 4 nitrogen and oxygen atoms in total. The van der Waals surface area contributed by atoms with Gasteiger partial charge in [-0.05, 0) is 31.2 Å². The second-order valence-corrected chi connectivity index (χ2v) is 5.11. The number of nitrogens with zero attached hydrogens (tertiary/aromatic N) is 1. The SMILES string of the molecule is COc1ccc(-c2ncc(O)c3cc(C)ccc23)cc1OC. The summed E-state index contributed by atoms with van der Waals surface area (Å²) in [7, 11) is 3.21. The number of aromatic nitrogens is 1. The third-order valence-electron chi connectivity index (χ3n) is 3.68. The highest BCUT2D eigenvalue weighted by Crippen LogP contribution is 2.36. The lowest BCUT2D eigenvalue weighted by molar-refractivity contribution is 0.355. The molecule has 0 fully saturated rings. The van der Waals surface area contributed by atoms with Crippen LogP contribution >= 0.6 is 0 Å². The van der Waals surface area contributed by atoms with Crippen LogP contribution in [0.4, 0.5) is 0 Å². The Morgan fingerprint density at radius 1 is 0.909 bits per heavy atom. The highest BCUT2D eigenvalue weighted by Gasteiger charge is 2.12. The normalized spacial score (nSPS) is 10.7. The van der Waals surface area contributed by atoms with E-state index in [1.54, 1.807) is 14.2 Å². The molecule has 2 aromatic carbocycles. The smallest absolute Gasteiger partial charge is 0.161 e. The summed E-state index contributed by atoms with van der Waals surface area (Å²) in [5.74, 6) is 1.50. The van der Waals surface area contributed by atoms with E-state index < -0.39 is 0 Å². The van der Waals surface area contributed by atoms with Crippen molar-refractivity contribution in [3.8, 4) is 28.5 Å². The molecule has 0 aliphatic rings. The van der Waals surface area contributed by atoms with Crippen molar-refractivity contribution in [1.82, 2.24) is 4.98 Å². The van der Waals surface area contributed by atoms with Crippen LogP contribution in [0, 0.1) is 6.92 Å². The molecule has 1 aromatic heterocycles. The van der Waals surface area contributed by atoms with E-state index >= 15 is 0 Å². The van der Waals surface area contributed by atoms with Gasteiger partial charge in [0.05, 0.1) is 26.1 Å². The van der Waals surface area contributed by atoms with Crippen LogP contribution in [0.1, 0.15) is 5.56 Å². The Labute approximate surface area is 129 Å². The zero-order valence-electron chi connectivity index (χ0n) is 12.8. The van der Waals surface area contributed by atoms with Crippen LogP contribution < -0.4 is 9.47 Å². The van der Waals surface area contributed by atoms with Crippen molar-refractivity contribution in [3.63, 3.8) is 0 Å². The summed E-state index contributed by atoms with van der Waals surface area (Å²) in [6.07, 6.45) is 1.48. The van der Waals surface area contributed by atoms with Gasteiger partial charge in [-0.1, -0.05) is 17.7 Å². The fraction of sp³-hybridized carbons (Fsp3) is 0.167. The second-order valence-electron chi connectivity index (χ2n) is 5.11. The largest absolute Gasteiger partial charge is 0.506 e. The second kappa shape index (κ2) is 5.56. The molecule has 22 heavy (non-hydrogen) atoms. The van der Waals surface area contributed by atoms with Crippen LogP contribution in [0.3, 0.4) is 0 Å². The van der Waals surface area contributed by atoms with E-state index in [9.17, 15) is 5.11 Å². The highest BCUT2D eigenvalue weighted by molar-refractivity contribution is 5.98. The Hall–Kier alpha value is -2.75. The average Bonchev–Trinajstić information content (AvgIpc) is 2.55. The van der Waals surface area contributed by atoms with Gasteiger partial charge in [0, 0.05) is 16.3 Å². The molecule has 0 unspecified atom stereocenters. The van der Waals surface area contributed by atoms with Crippen LogP contribution in [0.15, 0.2) is 42.6 Å². The van der Waals surface area contributed by atoms with Gasteiger partial charge in [-0.3, -0.25) is 4.98 Å². The predicted molar refractivity (Wildman–Crippen MR) is 86.7 cm³/mol.